The van der Waals surface area contributed by atoms with Gasteiger partial charge in [-0.3, -0.25) is 4.21 Å². The molecule has 3 nitrogen and oxygen atoms in total. The molecule has 0 radical (unpaired) electrons. The Bertz CT molecular complexity index is 538. The lowest BCUT2D eigenvalue weighted by atomic mass is 10.3. The highest BCUT2D eigenvalue weighted by Gasteiger charge is 2.08. The second-order valence-electron chi connectivity index (χ2n) is 3.93. The van der Waals surface area contributed by atoms with E-state index in [4.69, 9.17) is 11.6 Å². The maximum absolute atomic E-state index is 11.1. The van der Waals surface area contributed by atoms with Gasteiger partial charge in [0, 0.05) is 29.4 Å². The van der Waals surface area contributed by atoms with Gasteiger partial charge in [-0.25, -0.2) is 4.98 Å². The molecule has 0 aliphatic carbocycles. The smallest absolute Gasteiger partial charge is 0.124 e. The molecule has 1 aromatic heterocycles. The number of fused-ring (bicyclic) bond motifs is 1. The molecule has 1 aromatic carbocycles. The second kappa shape index (κ2) is 5.65. The van der Waals surface area contributed by atoms with Crippen LogP contribution in [0, 0.1) is 0 Å². The quantitative estimate of drug-likeness (QED) is 0.783. The first kappa shape index (κ1) is 12.6. The molecule has 0 saturated heterocycles. The minimum absolute atomic E-state index is 0.407. The number of alkyl halides is 1. The van der Waals surface area contributed by atoms with Crippen LogP contribution >= 0.6 is 11.6 Å². The van der Waals surface area contributed by atoms with Crippen molar-refractivity contribution in [2.45, 2.75) is 18.8 Å². The third kappa shape index (κ3) is 2.87. The standard InChI is InChI=1S/C12H15ClN2OS/c1-17(16)8-4-7-15-11-6-3-2-5-10(11)14-12(15)9-13/h2-3,5-6H,4,7-9H2,1H3. The van der Waals surface area contributed by atoms with Crippen LogP contribution < -0.4 is 0 Å². The fourth-order valence-electron chi connectivity index (χ4n) is 1.90. The Balaban J connectivity index is 2.27. The molecule has 5 heteroatoms. The zero-order valence-electron chi connectivity index (χ0n) is 9.73. The zero-order valence-corrected chi connectivity index (χ0v) is 11.3. The highest BCUT2D eigenvalue weighted by atomic mass is 35.5. The molecule has 1 heterocycles. The van der Waals surface area contributed by atoms with Crippen LogP contribution in [0.15, 0.2) is 24.3 Å². The number of halogens is 1. The summed E-state index contributed by atoms with van der Waals surface area (Å²) >= 11 is 5.90. The molecule has 2 rings (SSSR count). The van der Waals surface area contributed by atoms with Crippen molar-refractivity contribution < 1.29 is 4.21 Å². The molecule has 0 fully saturated rings. The van der Waals surface area contributed by atoms with E-state index in [1.165, 1.54) is 0 Å². The third-order valence-corrected chi connectivity index (χ3v) is 3.77. The summed E-state index contributed by atoms with van der Waals surface area (Å²) in [5.41, 5.74) is 2.07. The molecule has 0 bridgehead atoms. The summed E-state index contributed by atoms with van der Waals surface area (Å²) in [6, 6.07) is 8.00. The van der Waals surface area contributed by atoms with Crippen molar-refractivity contribution >= 4 is 33.4 Å². The summed E-state index contributed by atoms with van der Waals surface area (Å²) in [5.74, 6) is 2.01. The summed E-state index contributed by atoms with van der Waals surface area (Å²) in [6.45, 7) is 0.822. The van der Waals surface area contributed by atoms with Gasteiger partial charge in [0.2, 0.25) is 0 Å². The molecule has 92 valence electrons. The Morgan fingerprint density at radius 2 is 2.18 bits per heavy atom. The fourth-order valence-corrected chi connectivity index (χ4v) is 2.64. The van der Waals surface area contributed by atoms with Gasteiger partial charge in [0.1, 0.15) is 5.82 Å². The van der Waals surface area contributed by atoms with Crippen LogP contribution in [-0.4, -0.2) is 25.8 Å². The third-order valence-electron chi connectivity index (χ3n) is 2.67. The molecule has 2 aromatic rings. The predicted molar refractivity (Wildman–Crippen MR) is 72.8 cm³/mol. The number of nitrogens with zero attached hydrogens (tertiary/aromatic N) is 2. The number of aryl methyl sites for hydroxylation is 1. The first-order chi connectivity index (χ1) is 8.22. The van der Waals surface area contributed by atoms with Gasteiger partial charge in [0.15, 0.2) is 0 Å². The molecule has 0 spiro atoms. The summed E-state index contributed by atoms with van der Waals surface area (Å²) in [4.78, 5) is 4.48. The molecule has 0 aliphatic rings. The molecule has 1 unspecified atom stereocenters. The van der Waals surface area contributed by atoms with Crippen molar-refractivity contribution in [3.8, 4) is 0 Å². The van der Waals surface area contributed by atoms with Gasteiger partial charge in [-0.2, -0.15) is 0 Å². The Kier molecular flexibility index (Phi) is 4.18. The highest BCUT2D eigenvalue weighted by molar-refractivity contribution is 7.84. The number of imidazole rings is 1. The van der Waals surface area contributed by atoms with Crippen LogP contribution in [0.25, 0.3) is 11.0 Å². The van der Waals surface area contributed by atoms with E-state index in [0.717, 1.165) is 29.8 Å². The lowest BCUT2D eigenvalue weighted by Crippen LogP contribution is -2.06. The SMILES string of the molecule is CS(=O)CCCn1c(CCl)nc2ccccc21. The van der Waals surface area contributed by atoms with Gasteiger partial charge in [-0.05, 0) is 18.6 Å². The van der Waals surface area contributed by atoms with Crippen LogP contribution in [0.4, 0.5) is 0 Å². The number of hydrogen-bond acceptors (Lipinski definition) is 2. The lowest BCUT2D eigenvalue weighted by Gasteiger charge is -2.06. The van der Waals surface area contributed by atoms with Crippen molar-refractivity contribution in [1.82, 2.24) is 9.55 Å². The number of para-hydroxylation sites is 2. The molecule has 0 saturated carbocycles. The summed E-state index contributed by atoms with van der Waals surface area (Å²) in [7, 11) is -0.736. The number of hydrogen-bond donors (Lipinski definition) is 0. The van der Waals surface area contributed by atoms with Crippen LogP contribution in [0.5, 0.6) is 0 Å². The van der Waals surface area contributed by atoms with Gasteiger partial charge < -0.3 is 4.57 Å². The second-order valence-corrected chi connectivity index (χ2v) is 5.75. The van der Waals surface area contributed by atoms with E-state index < -0.39 is 10.8 Å². The van der Waals surface area contributed by atoms with Crippen molar-refractivity contribution in [2.24, 2.45) is 0 Å². The van der Waals surface area contributed by atoms with E-state index in [9.17, 15) is 4.21 Å². The maximum atomic E-state index is 11.1. The van der Waals surface area contributed by atoms with E-state index in [2.05, 4.69) is 9.55 Å². The van der Waals surface area contributed by atoms with E-state index in [-0.39, 0.29) is 0 Å². The van der Waals surface area contributed by atoms with Crippen LogP contribution in [0.2, 0.25) is 0 Å². The Morgan fingerprint density at radius 1 is 1.41 bits per heavy atom. The van der Waals surface area contributed by atoms with Gasteiger partial charge in [0.25, 0.3) is 0 Å². The maximum Gasteiger partial charge on any atom is 0.124 e. The normalized spacial score (nSPS) is 13.1. The van der Waals surface area contributed by atoms with Crippen LogP contribution in [-0.2, 0) is 23.2 Å². The van der Waals surface area contributed by atoms with Gasteiger partial charge in [-0.1, -0.05) is 12.1 Å². The summed E-state index contributed by atoms with van der Waals surface area (Å²) in [6.07, 6.45) is 2.61. The molecule has 0 N–H and O–H groups in total. The average Bonchev–Trinajstić information content (AvgIpc) is 2.67. The Morgan fingerprint density at radius 3 is 2.88 bits per heavy atom. The summed E-state index contributed by atoms with van der Waals surface area (Å²) < 4.78 is 13.2. The van der Waals surface area contributed by atoms with Gasteiger partial charge >= 0.3 is 0 Å². The molecule has 0 aliphatic heterocycles. The van der Waals surface area contributed by atoms with Crippen LogP contribution in [0.1, 0.15) is 12.2 Å². The molecular formula is C12H15ClN2OS. The Labute approximate surface area is 108 Å². The van der Waals surface area contributed by atoms with E-state index in [1.54, 1.807) is 6.26 Å². The topological polar surface area (TPSA) is 34.9 Å². The first-order valence-corrected chi connectivity index (χ1v) is 7.78. The molecular weight excluding hydrogens is 256 g/mol. The average molecular weight is 271 g/mol. The van der Waals surface area contributed by atoms with E-state index in [0.29, 0.717) is 11.6 Å². The minimum Gasteiger partial charge on any atom is -0.327 e. The van der Waals surface area contributed by atoms with E-state index >= 15 is 0 Å². The molecule has 1 atom stereocenters. The summed E-state index contributed by atoms with van der Waals surface area (Å²) in [5, 5.41) is 0. The van der Waals surface area contributed by atoms with Crippen molar-refractivity contribution in [1.29, 1.82) is 0 Å². The molecule has 17 heavy (non-hydrogen) atoms. The molecule has 0 amide bonds. The van der Waals surface area contributed by atoms with E-state index in [1.807, 2.05) is 24.3 Å². The lowest BCUT2D eigenvalue weighted by molar-refractivity contribution is 0.657. The zero-order chi connectivity index (χ0) is 12.3. The minimum atomic E-state index is -0.736. The number of aromatic nitrogens is 2. The first-order valence-electron chi connectivity index (χ1n) is 5.52. The highest BCUT2D eigenvalue weighted by Crippen LogP contribution is 2.17. The fraction of sp³-hybridized carbons (Fsp3) is 0.417. The van der Waals surface area contributed by atoms with Crippen molar-refractivity contribution in [3.63, 3.8) is 0 Å². The predicted octanol–water partition coefficient (Wildman–Crippen LogP) is 2.54. The van der Waals surface area contributed by atoms with Crippen LogP contribution in [0.3, 0.4) is 0 Å². The van der Waals surface area contributed by atoms with Gasteiger partial charge in [-0.15, -0.1) is 11.6 Å². The number of rotatable bonds is 5. The van der Waals surface area contributed by atoms with Crippen molar-refractivity contribution in [3.05, 3.63) is 30.1 Å². The largest absolute Gasteiger partial charge is 0.327 e. The Hall–Kier alpha value is -0.870. The number of benzene rings is 1. The monoisotopic (exact) mass is 270 g/mol. The van der Waals surface area contributed by atoms with Crippen molar-refractivity contribution in [2.75, 3.05) is 12.0 Å². The van der Waals surface area contributed by atoms with Gasteiger partial charge in [0.05, 0.1) is 16.9 Å².